The van der Waals surface area contributed by atoms with Crippen LogP contribution in [0.3, 0.4) is 0 Å². The normalized spacial score (nSPS) is 15.9. The highest BCUT2D eigenvalue weighted by molar-refractivity contribution is 8.00. The first-order valence-corrected chi connectivity index (χ1v) is 9.61. The van der Waals surface area contributed by atoms with Crippen molar-refractivity contribution in [2.45, 2.75) is 37.5 Å². The highest BCUT2D eigenvalue weighted by Gasteiger charge is 2.09. The summed E-state index contributed by atoms with van der Waals surface area (Å²) in [6.45, 7) is 6.72. The Kier molecular flexibility index (Phi) is 8.32. The lowest BCUT2D eigenvalue weighted by molar-refractivity contribution is -0.118. The van der Waals surface area contributed by atoms with Crippen LogP contribution in [0.25, 0.3) is 0 Å². The molecule has 1 aromatic rings. The number of nitrogens with one attached hydrogen (secondary N) is 1. The van der Waals surface area contributed by atoms with Gasteiger partial charge < -0.3 is 15.0 Å². The molecule has 1 N–H and O–H groups in total. The topological polar surface area (TPSA) is 41.6 Å². The molecule has 1 aliphatic heterocycles. The Morgan fingerprint density at radius 2 is 1.87 bits per heavy atom. The molecule has 0 aliphatic carbocycles. The van der Waals surface area contributed by atoms with Crippen LogP contribution in [-0.2, 0) is 4.79 Å². The fourth-order valence-electron chi connectivity index (χ4n) is 2.71. The number of ether oxygens (including phenoxy) is 1. The van der Waals surface area contributed by atoms with Crippen molar-refractivity contribution in [2.75, 3.05) is 38.5 Å². The molecule has 2 rings (SSSR count). The van der Waals surface area contributed by atoms with Gasteiger partial charge in [-0.1, -0.05) is 12.8 Å². The van der Waals surface area contributed by atoms with Gasteiger partial charge in [0.15, 0.2) is 0 Å². The number of carbonyl (C=O) groups excluding carboxylic acids is 1. The van der Waals surface area contributed by atoms with E-state index in [1.54, 1.807) is 11.8 Å². The summed E-state index contributed by atoms with van der Waals surface area (Å²) in [5, 5.41) is 3.03. The highest BCUT2D eigenvalue weighted by atomic mass is 32.2. The number of hydrogen-bond acceptors (Lipinski definition) is 4. The first-order valence-electron chi connectivity index (χ1n) is 8.62. The van der Waals surface area contributed by atoms with Crippen LogP contribution in [0.4, 0.5) is 0 Å². The van der Waals surface area contributed by atoms with E-state index in [9.17, 15) is 4.79 Å². The molecule has 1 fully saturated rings. The number of amides is 1. The molecule has 1 aromatic carbocycles. The van der Waals surface area contributed by atoms with Gasteiger partial charge in [-0.3, -0.25) is 4.79 Å². The van der Waals surface area contributed by atoms with E-state index in [2.05, 4.69) is 10.2 Å². The van der Waals surface area contributed by atoms with Crippen LogP contribution in [-0.4, -0.2) is 49.3 Å². The SMILES string of the molecule is CCOc1ccc(SCC(=O)NCCN2CCCCCC2)cc1. The monoisotopic (exact) mass is 336 g/mol. The van der Waals surface area contributed by atoms with Gasteiger partial charge in [0.1, 0.15) is 5.75 Å². The molecule has 4 nitrogen and oxygen atoms in total. The molecular formula is C18H28N2O2S. The Hall–Kier alpha value is -1.20. The van der Waals surface area contributed by atoms with Crippen LogP contribution in [0.5, 0.6) is 5.75 Å². The fraction of sp³-hybridized carbons (Fsp3) is 0.611. The molecule has 0 radical (unpaired) electrons. The summed E-state index contributed by atoms with van der Waals surface area (Å²) in [6.07, 6.45) is 5.28. The Balaban J connectivity index is 1.60. The van der Waals surface area contributed by atoms with Crippen molar-refractivity contribution in [3.05, 3.63) is 24.3 Å². The van der Waals surface area contributed by atoms with Gasteiger partial charge in [-0.15, -0.1) is 11.8 Å². The zero-order valence-electron chi connectivity index (χ0n) is 14.1. The van der Waals surface area contributed by atoms with E-state index in [1.165, 1.54) is 38.8 Å². The second-order valence-corrected chi connectivity index (χ2v) is 6.85. The predicted octanol–water partition coefficient (Wildman–Crippen LogP) is 3.17. The van der Waals surface area contributed by atoms with E-state index in [1.807, 2.05) is 31.2 Å². The maximum atomic E-state index is 11.9. The van der Waals surface area contributed by atoms with Crippen molar-refractivity contribution in [1.82, 2.24) is 10.2 Å². The Bertz CT molecular complexity index is 457. The average Bonchev–Trinajstić information content (AvgIpc) is 2.83. The van der Waals surface area contributed by atoms with E-state index in [0.717, 1.165) is 23.7 Å². The summed E-state index contributed by atoms with van der Waals surface area (Å²) in [6, 6.07) is 7.90. The number of benzene rings is 1. The van der Waals surface area contributed by atoms with Crippen molar-refractivity contribution < 1.29 is 9.53 Å². The van der Waals surface area contributed by atoms with Crippen LogP contribution in [0, 0.1) is 0 Å². The van der Waals surface area contributed by atoms with Crippen molar-refractivity contribution >= 4 is 17.7 Å². The molecule has 1 saturated heterocycles. The molecule has 0 bridgehead atoms. The molecule has 5 heteroatoms. The van der Waals surface area contributed by atoms with Crippen molar-refractivity contribution in [3.8, 4) is 5.75 Å². The van der Waals surface area contributed by atoms with Crippen LogP contribution in [0.15, 0.2) is 29.2 Å². The standard InChI is InChI=1S/C18H28N2O2S/c1-2-22-16-7-9-17(10-8-16)23-15-18(21)19-11-14-20-12-5-3-4-6-13-20/h7-10H,2-6,11-15H2,1H3,(H,19,21). The molecule has 1 heterocycles. The minimum absolute atomic E-state index is 0.110. The third-order valence-corrected chi connectivity index (χ3v) is 4.97. The smallest absolute Gasteiger partial charge is 0.230 e. The molecule has 128 valence electrons. The summed E-state index contributed by atoms with van der Waals surface area (Å²) in [5.41, 5.74) is 0. The molecule has 0 aromatic heterocycles. The fourth-order valence-corrected chi connectivity index (χ4v) is 3.44. The first kappa shape index (κ1) is 18.1. The van der Waals surface area contributed by atoms with E-state index in [4.69, 9.17) is 4.74 Å². The van der Waals surface area contributed by atoms with Gasteiger partial charge in [-0.25, -0.2) is 0 Å². The summed E-state index contributed by atoms with van der Waals surface area (Å²) < 4.78 is 5.41. The zero-order chi connectivity index (χ0) is 16.3. The Morgan fingerprint density at radius 3 is 2.52 bits per heavy atom. The summed E-state index contributed by atoms with van der Waals surface area (Å²) in [7, 11) is 0. The summed E-state index contributed by atoms with van der Waals surface area (Å²) >= 11 is 1.56. The van der Waals surface area contributed by atoms with E-state index in [-0.39, 0.29) is 5.91 Å². The second-order valence-electron chi connectivity index (χ2n) is 5.80. The van der Waals surface area contributed by atoms with E-state index < -0.39 is 0 Å². The van der Waals surface area contributed by atoms with E-state index in [0.29, 0.717) is 12.4 Å². The van der Waals surface area contributed by atoms with Gasteiger partial charge in [-0.2, -0.15) is 0 Å². The van der Waals surface area contributed by atoms with Gasteiger partial charge in [0.2, 0.25) is 5.91 Å². The number of rotatable bonds is 8. The molecule has 0 unspecified atom stereocenters. The zero-order valence-corrected chi connectivity index (χ0v) is 14.9. The number of thioether (sulfide) groups is 1. The molecule has 0 saturated carbocycles. The van der Waals surface area contributed by atoms with Crippen LogP contribution in [0.2, 0.25) is 0 Å². The maximum Gasteiger partial charge on any atom is 0.230 e. The molecule has 1 amide bonds. The molecule has 23 heavy (non-hydrogen) atoms. The molecule has 0 atom stereocenters. The number of carbonyl (C=O) groups is 1. The van der Waals surface area contributed by atoms with Crippen LogP contribution < -0.4 is 10.1 Å². The van der Waals surface area contributed by atoms with Crippen LogP contribution >= 0.6 is 11.8 Å². The van der Waals surface area contributed by atoms with Crippen molar-refractivity contribution in [1.29, 1.82) is 0 Å². The lowest BCUT2D eigenvalue weighted by Crippen LogP contribution is -2.36. The second kappa shape index (κ2) is 10.6. The quantitative estimate of drug-likeness (QED) is 0.741. The summed E-state index contributed by atoms with van der Waals surface area (Å²) in [5.74, 6) is 1.45. The molecular weight excluding hydrogens is 308 g/mol. The lowest BCUT2D eigenvalue weighted by Gasteiger charge is -2.19. The van der Waals surface area contributed by atoms with Gasteiger partial charge in [0.05, 0.1) is 12.4 Å². The van der Waals surface area contributed by atoms with Crippen molar-refractivity contribution in [2.24, 2.45) is 0 Å². The average molecular weight is 337 g/mol. The van der Waals surface area contributed by atoms with Crippen molar-refractivity contribution in [3.63, 3.8) is 0 Å². The third kappa shape index (κ3) is 7.27. The van der Waals surface area contributed by atoms with Gasteiger partial charge in [-0.05, 0) is 57.1 Å². The van der Waals surface area contributed by atoms with Gasteiger partial charge in [0, 0.05) is 18.0 Å². The molecule has 1 aliphatic rings. The van der Waals surface area contributed by atoms with E-state index >= 15 is 0 Å². The predicted molar refractivity (Wildman–Crippen MR) is 96.3 cm³/mol. The lowest BCUT2D eigenvalue weighted by atomic mass is 10.2. The van der Waals surface area contributed by atoms with Crippen LogP contribution in [0.1, 0.15) is 32.6 Å². The summed E-state index contributed by atoms with van der Waals surface area (Å²) in [4.78, 5) is 15.5. The maximum absolute atomic E-state index is 11.9. The Morgan fingerprint density at radius 1 is 1.17 bits per heavy atom. The minimum Gasteiger partial charge on any atom is -0.494 e. The number of nitrogens with zero attached hydrogens (tertiary/aromatic N) is 1. The van der Waals surface area contributed by atoms with Gasteiger partial charge in [0.25, 0.3) is 0 Å². The number of likely N-dealkylation sites (tertiary alicyclic amines) is 1. The molecule has 0 spiro atoms. The minimum atomic E-state index is 0.110. The number of hydrogen-bond donors (Lipinski definition) is 1. The third-order valence-electron chi connectivity index (χ3n) is 3.95. The first-order chi connectivity index (χ1) is 11.3. The largest absolute Gasteiger partial charge is 0.494 e. The highest BCUT2D eigenvalue weighted by Crippen LogP contribution is 2.21. The van der Waals surface area contributed by atoms with Gasteiger partial charge >= 0.3 is 0 Å². The Labute approximate surface area is 144 Å².